The molecule has 2 saturated heterocycles. The number of carbonyl (C=O) groups is 1. The van der Waals surface area contributed by atoms with E-state index in [0.29, 0.717) is 62.8 Å². The SMILES string of the molecule is Cn1c(=O)c(-c2c(F)ccc(NS(=O)(=O)N3CCCC3)c2F)cc2cnc(NCCC3CCN(C(=O)OC(C)(C)C)CC3)nc21. The van der Waals surface area contributed by atoms with E-state index in [4.69, 9.17) is 4.74 Å². The number of aromatic nitrogens is 3. The van der Waals surface area contributed by atoms with Gasteiger partial charge in [-0.05, 0) is 77.0 Å². The zero-order valence-electron chi connectivity index (χ0n) is 25.9. The Kier molecular flexibility index (Phi) is 9.31. The van der Waals surface area contributed by atoms with Crippen LogP contribution >= 0.6 is 0 Å². The number of hydrogen-bond acceptors (Lipinski definition) is 8. The van der Waals surface area contributed by atoms with Gasteiger partial charge in [0, 0.05) is 51.4 Å². The van der Waals surface area contributed by atoms with Crippen molar-refractivity contribution in [3.8, 4) is 11.1 Å². The number of aryl methyl sites for hydroxylation is 1. The number of nitrogens with zero attached hydrogens (tertiary/aromatic N) is 5. The van der Waals surface area contributed by atoms with E-state index in [1.807, 2.05) is 20.8 Å². The topological polar surface area (TPSA) is 139 Å². The van der Waals surface area contributed by atoms with Crippen LogP contribution in [0.15, 0.2) is 29.2 Å². The van der Waals surface area contributed by atoms with Crippen LogP contribution in [0.3, 0.4) is 0 Å². The average Bonchev–Trinajstić information content (AvgIpc) is 3.53. The summed E-state index contributed by atoms with van der Waals surface area (Å²) >= 11 is 0. The van der Waals surface area contributed by atoms with Gasteiger partial charge in [0.1, 0.15) is 17.1 Å². The molecule has 45 heavy (non-hydrogen) atoms. The van der Waals surface area contributed by atoms with Crippen LogP contribution in [0.25, 0.3) is 22.2 Å². The Balaban J connectivity index is 1.28. The van der Waals surface area contributed by atoms with Gasteiger partial charge in [-0.15, -0.1) is 0 Å². The van der Waals surface area contributed by atoms with Crippen molar-refractivity contribution < 1.29 is 26.7 Å². The molecule has 0 radical (unpaired) electrons. The van der Waals surface area contributed by atoms with Crippen LogP contribution in [-0.4, -0.2) is 76.6 Å². The smallest absolute Gasteiger partial charge is 0.410 e. The lowest BCUT2D eigenvalue weighted by Gasteiger charge is -2.33. The molecule has 4 heterocycles. The number of halogens is 2. The fourth-order valence-electron chi connectivity index (χ4n) is 5.64. The second-order valence-electron chi connectivity index (χ2n) is 12.5. The zero-order valence-corrected chi connectivity index (χ0v) is 26.7. The maximum absolute atomic E-state index is 15.6. The van der Waals surface area contributed by atoms with Gasteiger partial charge in [0.2, 0.25) is 5.95 Å². The van der Waals surface area contributed by atoms with E-state index in [1.54, 1.807) is 4.90 Å². The molecule has 15 heteroatoms. The van der Waals surface area contributed by atoms with Gasteiger partial charge in [0.15, 0.2) is 5.82 Å². The summed E-state index contributed by atoms with van der Waals surface area (Å²) in [5.41, 5.74) is -2.36. The highest BCUT2D eigenvalue weighted by Gasteiger charge is 2.29. The summed E-state index contributed by atoms with van der Waals surface area (Å²) < 4.78 is 66.1. The van der Waals surface area contributed by atoms with Gasteiger partial charge >= 0.3 is 16.3 Å². The normalized spacial score (nSPS) is 16.7. The summed E-state index contributed by atoms with van der Waals surface area (Å²) in [5, 5.41) is 3.55. The van der Waals surface area contributed by atoms with Gasteiger partial charge in [-0.3, -0.25) is 14.1 Å². The van der Waals surface area contributed by atoms with Crippen LogP contribution in [-0.2, 0) is 22.0 Å². The highest BCUT2D eigenvalue weighted by molar-refractivity contribution is 7.90. The number of fused-ring (bicyclic) bond motifs is 1. The summed E-state index contributed by atoms with van der Waals surface area (Å²) in [6.45, 7) is 7.99. The largest absolute Gasteiger partial charge is 0.444 e. The molecule has 0 aliphatic carbocycles. The molecule has 2 aliphatic rings. The van der Waals surface area contributed by atoms with Crippen molar-refractivity contribution in [2.45, 2.75) is 58.5 Å². The van der Waals surface area contributed by atoms with Gasteiger partial charge in [0.25, 0.3) is 5.56 Å². The summed E-state index contributed by atoms with van der Waals surface area (Å²) in [7, 11) is -2.60. The van der Waals surface area contributed by atoms with Crippen molar-refractivity contribution >= 4 is 39.0 Å². The van der Waals surface area contributed by atoms with Gasteiger partial charge in [0.05, 0.1) is 16.8 Å². The van der Waals surface area contributed by atoms with Crippen molar-refractivity contribution in [2.75, 3.05) is 42.8 Å². The average molecular weight is 648 g/mol. The Morgan fingerprint density at radius 1 is 1.11 bits per heavy atom. The molecule has 0 unspecified atom stereocenters. The number of anilines is 2. The molecule has 244 valence electrons. The first-order valence-electron chi connectivity index (χ1n) is 15.1. The molecular weight excluding hydrogens is 608 g/mol. The molecule has 12 nitrogen and oxygen atoms in total. The minimum atomic E-state index is -4.04. The molecule has 0 spiro atoms. The second kappa shape index (κ2) is 12.9. The highest BCUT2D eigenvalue weighted by atomic mass is 32.2. The Labute approximate surface area is 261 Å². The fourth-order valence-corrected chi connectivity index (χ4v) is 6.94. The minimum absolute atomic E-state index is 0.263. The van der Waals surface area contributed by atoms with Gasteiger partial charge < -0.3 is 15.0 Å². The highest BCUT2D eigenvalue weighted by Crippen LogP contribution is 2.31. The molecule has 2 N–H and O–H groups in total. The van der Waals surface area contributed by atoms with E-state index in [-0.39, 0.29) is 17.3 Å². The Morgan fingerprint density at radius 2 is 1.80 bits per heavy atom. The minimum Gasteiger partial charge on any atom is -0.444 e. The van der Waals surface area contributed by atoms with Gasteiger partial charge in [-0.1, -0.05) is 0 Å². The van der Waals surface area contributed by atoms with Crippen molar-refractivity contribution in [1.82, 2.24) is 23.7 Å². The molecule has 1 aromatic carbocycles. The van der Waals surface area contributed by atoms with Crippen molar-refractivity contribution in [1.29, 1.82) is 0 Å². The predicted octanol–water partition coefficient (Wildman–Crippen LogP) is 4.48. The molecule has 0 atom stereocenters. The molecular formula is C30H39F2N7O5S. The first kappa shape index (κ1) is 32.5. The maximum Gasteiger partial charge on any atom is 0.410 e. The fraction of sp³-hybridized carbons (Fsp3) is 0.533. The number of ether oxygens (including phenoxy) is 1. The van der Waals surface area contributed by atoms with Crippen LogP contribution in [0.5, 0.6) is 0 Å². The van der Waals surface area contributed by atoms with Crippen LogP contribution in [0.4, 0.5) is 25.2 Å². The first-order valence-corrected chi connectivity index (χ1v) is 16.5. The number of likely N-dealkylation sites (tertiary alicyclic amines) is 1. The van der Waals surface area contributed by atoms with E-state index in [2.05, 4.69) is 20.0 Å². The molecule has 0 bridgehead atoms. The summed E-state index contributed by atoms with van der Waals surface area (Å²) in [4.78, 5) is 36.2. The zero-order chi connectivity index (χ0) is 32.5. The van der Waals surface area contributed by atoms with Crippen molar-refractivity contribution in [3.05, 3.63) is 46.4 Å². The third-order valence-corrected chi connectivity index (χ3v) is 9.58. The summed E-state index contributed by atoms with van der Waals surface area (Å²) in [6, 6.07) is 3.23. The van der Waals surface area contributed by atoms with E-state index in [0.717, 1.165) is 31.4 Å². The number of hydrogen-bond donors (Lipinski definition) is 2. The Bertz CT molecular complexity index is 1750. The lowest BCUT2D eigenvalue weighted by Crippen LogP contribution is -2.41. The summed E-state index contributed by atoms with van der Waals surface area (Å²) in [6.07, 6.45) is 5.09. The Hall–Kier alpha value is -3.85. The molecule has 5 rings (SSSR count). The quantitative estimate of drug-likeness (QED) is 0.365. The molecule has 2 aromatic heterocycles. The number of benzene rings is 1. The van der Waals surface area contributed by atoms with Gasteiger partial charge in [-0.25, -0.2) is 18.6 Å². The van der Waals surface area contributed by atoms with Crippen LogP contribution in [0, 0.1) is 17.6 Å². The monoisotopic (exact) mass is 647 g/mol. The number of piperidine rings is 1. The Morgan fingerprint density at radius 3 is 2.47 bits per heavy atom. The lowest BCUT2D eigenvalue weighted by molar-refractivity contribution is 0.0182. The van der Waals surface area contributed by atoms with Crippen LogP contribution in [0.1, 0.15) is 52.9 Å². The number of carbonyl (C=O) groups excluding carboxylic acids is 1. The predicted molar refractivity (Wildman–Crippen MR) is 167 cm³/mol. The van der Waals surface area contributed by atoms with E-state index in [1.165, 1.54) is 28.2 Å². The second-order valence-corrected chi connectivity index (χ2v) is 14.2. The molecule has 2 aliphatic heterocycles. The summed E-state index contributed by atoms with van der Waals surface area (Å²) in [5.74, 6) is -1.49. The molecule has 3 aromatic rings. The van der Waals surface area contributed by atoms with E-state index in [9.17, 15) is 18.0 Å². The number of amides is 1. The first-order chi connectivity index (χ1) is 21.2. The third kappa shape index (κ3) is 7.35. The third-order valence-electron chi connectivity index (χ3n) is 8.05. The number of nitrogens with one attached hydrogen (secondary N) is 2. The van der Waals surface area contributed by atoms with Gasteiger partial charge in [-0.2, -0.15) is 17.7 Å². The van der Waals surface area contributed by atoms with E-state index >= 15 is 8.78 Å². The van der Waals surface area contributed by atoms with Crippen LogP contribution in [0.2, 0.25) is 0 Å². The molecule has 0 saturated carbocycles. The van der Waals surface area contributed by atoms with Crippen molar-refractivity contribution in [3.63, 3.8) is 0 Å². The van der Waals surface area contributed by atoms with Crippen LogP contribution < -0.4 is 15.6 Å². The maximum atomic E-state index is 15.6. The standard InChI is InChI=1S/C30H39F2N7O5S/c1-30(2,3)44-29(41)38-15-10-19(11-16-38)9-12-33-28-34-18-20-17-21(27(40)37(4)26(20)35-28)24-22(31)7-8-23(25(24)32)36-45(42,43)39-13-5-6-14-39/h7-8,17-19,36H,5-6,9-16H2,1-4H3,(H,33,34,35). The molecule has 1 amide bonds. The lowest BCUT2D eigenvalue weighted by atomic mass is 9.94. The number of rotatable bonds is 8. The molecule has 2 fully saturated rings. The number of pyridine rings is 1. The van der Waals surface area contributed by atoms with Crippen molar-refractivity contribution in [2.24, 2.45) is 13.0 Å². The van der Waals surface area contributed by atoms with E-state index < -0.39 is 44.3 Å².